The molecule has 0 radical (unpaired) electrons. The molecule has 0 unspecified atom stereocenters. The minimum Gasteiger partial charge on any atom is -0.481 e. The van der Waals surface area contributed by atoms with Gasteiger partial charge in [0.25, 0.3) is 11.9 Å². The van der Waals surface area contributed by atoms with Gasteiger partial charge in [0.15, 0.2) is 0 Å². The summed E-state index contributed by atoms with van der Waals surface area (Å²) >= 11 is 0. The van der Waals surface area contributed by atoms with Crippen molar-refractivity contribution in [2.24, 2.45) is 0 Å². The van der Waals surface area contributed by atoms with E-state index in [1.165, 1.54) is 13.8 Å². The van der Waals surface area contributed by atoms with E-state index in [1.54, 1.807) is 30.3 Å². The Morgan fingerprint density at radius 3 is 1.94 bits per heavy atom. The lowest BCUT2D eigenvalue weighted by molar-refractivity contribution is -0.139. The van der Waals surface area contributed by atoms with Crippen LogP contribution in [0.2, 0.25) is 0 Å². The molecule has 1 aromatic carbocycles. The number of benzene rings is 1. The molecule has 1 N–H and O–H groups in total. The topological polar surface area (TPSA) is 72.8 Å². The molecule has 0 aliphatic rings. The van der Waals surface area contributed by atoms with E-state index < -0.39 is 26.7 Å². The third-order valence-electron chi connectivity index (χ3n) is 2.04. The fourth-order valence-corrected chi connectivity index (χ4v) is 3.67. The summed E-state index contributed by atoms with van der Waals surface area (Å²) in [6.07, 6.45) is -0.504. The molecule has 0 aliphatic carbocycles. The molecule has 1 aromatic rings. The molecule has 0 bridgehead atoms. The lowest BCUT2D eigenvalue weighted by Gasteiger charge is -2.26. The number of aliphatic hydroxyl groups excluding tert-OH is 1. The van der Waals surface area contributed by atoms with Crippen molar-refractivity contribution in [3.8, 4) is 0 Å². The molecule has 0 aromatic heterocycles. The molecule has 0 amide bonds. The molecule has 0 atom stereocenters. The van der Waals surface area contributed by atoms with Gasteiger partial charge in [-0.2, -0.15) is 0 Å². The Labute approximate surface area is 100 Å². The van der Waals surface area contributed by atoms with E-state index in [-0.39, 0.29) is 0 Å². The number of carbonyl (C=O) groups is 2. The van der Waals surface area contributed by atoms with Crippen LogP contribution >= 0.6 is 0 Å². The highest BCUT2D eigenvalue weighted by molar-refractivity contribution is 6.83. The Hall–Kier alpha value is -1.66. The lowest BCUT2D eigenvalue weighted by Crippen LogP contribution is -2.59. The zero-order valence-electron chi connectivity index (χ0n) is 9.67. The molecule has 0 aliphatic heterocycles. The largest absolute Gasteiger partial charge is 0.526 e. The van der Waals surface area contributed by atoms with Gasteiger partial charge in [-0.15, -0.1) is 0 Å². The van der Waals surface area contributed by atoms with E-state index in [0.29, 0.717) is 5.19 Å². The van der Waals surface area contributed by atoms with Crippen LogP contribution in [0.4, 0.5) is 0 Å². The molecule has 92 valence electrons. The van der Waals surface area contributed by atoms with Crippen molar-refractivity contribution < 1.29 is 23.5 Å². The van der Waals surface area contributed by atoms with Gasteiger partial charge in [0.2, 0.25) is 0 Å². The number of carbonyl (C=O) groups excluding carboxylic acids is 2. The van der Waals surface area contributed by atoms with E-state index in [2.05, 4.69) is 0 Å². The Morgan fingerprint density at radius 2 is 1.59 bits per heavy atom. The monoisotopic (exact) mass is 254 g/mol. The van der Waals surface area contributed by atoms with Crippen LogP contribution in [0.15, 0.2) is 30.3 Å². The minimum absolute atomic E-state index is 0.504. The standard InChI is InChI=1S/C11H14O5Si/c1-9(13)15-17(8-12,16-10(2)14)11-6-4-3-5-7-11/h3-7,12H,8H2,1-2H3. The SMILES string of the molecule is CC(=O)O[Si](CO)(OC(C)=O)c1ccccc1. The molecule has 6 heteroatoms. The molecular weight excluding hydrogens is 240 g/mol. The fraction of sp³-hybridized carbons (Fsp3) is 0.273. The fourth-order valence-electron chi connectivity index (χ4n) is 1.45. The number of aliphatic hydroxyl groups is 1. The summed E-state index contributed by atoms with van der Waals surface area (Å²) < 4.78 is 10.2. The maximum absolute atomic E-state index is 11.1. The van der Waals surface area contributed by atoms with Crippen molar-refractivity contribution in [1.82, 2.24) is 0 Å². The maximum atomic E-state index is 11.1. The van der Waals surface area contributed by atoms with E-state index in [9.17, 15) is 14.7 Å². The molecule has 0 saturated carbocycles. The highest BCUT2D eigenvalue weighted by Crippen LogP contribution is 2.09. The van der Waals surface area contributed by atoms with E-state index in [0.717, 1.165) is 0 Å². The molecule has 0 spiro atoms. The third kappa shape index (κ3) is 3.40. The van der Waals surface area contributed by atoms with Gasteiger partial charge in [0, 0.05) is 19.0 Å². The summed E-state index contributed by atoms with van der Waals surface area (Å²) in [6, 6.07) is 8.55. The van der Waals surface area contributed by atoms with Crippen molar-refractivity contribution in [2.45, 2.75) is 13.8 Å². The summed E-state index contributed by atoms with van der Waals surface area (Å²) in [5.74, 6) is -1.17. The summed E-state index contributed by atoms with van der Waals surface area (Å²) in [7, 11) is -3.42. The van der Waals surface area contributed by atoms with Crippen molar-refractivity contribution >= 4 is 25.7 Å². The molecule has 5 nitrogen and oxygen atoms in total. The average molecular weight is 254 g/mol. The first kappa shape index (κ1) is 13.4. The summed E-state index contributed by atoms with van der Waals surface area (Å²) in [6.45, 7) is 2.42. The molecule has 0 fully saturated rings. The second kappa shape index (κ2) is 5.60. The molecular formula is C11H14O5Si. The summed E-state index contributed by atoms with van der Waals surface area (Å²) in [5.41, 5.74) is 0. The lowest BCUT2D eigenvalue weighted by atomic mass is 10.4. The second-order valence-corrected chi connectivity index (χ2v) is 6.27. The van der Waals surface area contributed by atoms with Crippen LogP contribution in [0.3, 0.4) is 0 Å². The van der Waals surface area contributed by atoms with Gasteiger partial charge in [-0.05, 0) is 0 Å². The molecule has 17 heavy (non-hydrogen) atoms. The maximum Gasteiger partial charge on any atom is 0.526 e. The summed E-state index contributed by atoms with van der Waals surface area (Å²) in [4.78, 5) is 22.2. The van der Waals surface area contributed by atoms with E-state index >= 15 is 0 Å². The Kier molecular flexibility index (Phi) is 4.42. The van der Waals surface area contributed by atoms with Crippen LogP contribution in [0, 0.1) is 0 Å². The first-order chi connectivity index (χ1) is 8.00. The predicted octanol–water partition coefficient (Wildman–Crippen LogP) is -0.00650. The average Bonchev–Trinajstić information content (AvgIpc) is 2.28. The second-order valence-electron chi connectivity index (χ2n) is 3.46. The first-order valence-electron chi connectivity index (χ1n) is 5.06. The third-order valence-corrected chi connectivity index (χ3v) is 4.90. The van der Waals surface area contributed by atoms with Gasteiger partial charge in [0.1, 0.15) is 6.23 Å². The highest BCUT2D eigenvalue weighted by Gasteiger charge is 2.46. The van der Waals surface area contributed by atoms with E-state index in [1.807, 2.05) is 0 Å². The van der Waals surface area contributed by atoms with Gasteiger partial charge in [-0.3, -0.25) is 9.59 Å². The predicted molar refractivity (Wildman–Crippen MR) is 62.4 cm³/mol. The quantitative estimate of drug-likeness (QED) is 0.765. The van der Waals surface area contributed by atoms with Crippen LogP contribution in [-0.2, 0) is 18.4 Å². The summed E-state index contributed by atoms with van der Waals surface area (Å²) in [5, 5.41) is 9.97. The van der Waals surface area contributed by atoms with Crippen molar-refractivity contribution in [3.63, 3.8) is 0 Å². The van der Waals surface area contributed by atoms with Crippen LogP contribution in [0.25, 0.3) is 0 Å². The molecule has 0 heterocycles. The Balaban J connectivity index is 3.15. The van der Waals surface area contributed by atoms with Crippen molar-refractivity contribution in [1.29, 1.82) is 0 Å². The van der Waals surface area contributed by atoms with Crippen molar-refractivity contribution in [2.75, 3.05) is 6.23 Å². The zero-order chi connectivity index (χ0) is 12.9. The molecule has 1 rings (SSSR count). The van der Waals surface area contributed by atoms with Gasteiger partial charge < -0.3 is 14.0 Å². The number of rotatable bonds is 4. The van der Waals surface area contributed by atoms with E-state index in [4.69, 9.17) is 8.85 Å². The van der Waals surface area contributed by atoms with Gasteiger partial charge in [-0.1, -0.05) is 30.3 Å². The number of hydrogen-bond acceptors (Lipinski definition) is 5. The van der Waals surface area contributed by atoms with Gasteiger partial charge in [0.05, 0.1) is 0 Å². The normalized spacial score (nSPS) is 10.8. The van der Waals surface area contributed by atoms with Crippen molar-refractivity contribution in [3.05, 3.63) is 30.3 Å². The van der Waals surface area contributed by atoms with Crippen LogP contribution in [0.5, 0.6) is 0 Å². The Bertz CT molecular complexity index is 388. The van der Waals surface area contributed by atoms with Crippen LogP contribution in [-0.4, -0.2) is 31.8 Å². The zero-order valence-corrected chi connectivity index (χ0v) is 10.7. The van der Waals surface area contributed by atoms with Gasteiger partial charge in [-0.25, -0.2) is 0 Å². The van der Waals surface area contributed by atoms with Gasteiger partial charge >= 0.3 is 8.56 Å². The minimum atomic E-state index is -3.42. The number of hydrogen-bond donors (Lipinski definition) is 1. The highest BCUT2D eigenvalue weighted by atomic mass is 28.4. The van der Waals surface area contributed by atoms with Crippen LogP contribution in [0.1, 0.15) is 13.8 Å². The smallest absolute Gasteiger partial charge is 0.481 e. The van der Waals surface area contributed by atoms with Crippen LogP contribution < -0.4 is 5.19 Å². The molecule has 0 saturated heterocycles. The first-order valence-corrected chi connectivity index (χ1v) is 7.08. The Morgan fingerprint density at radius 1 is 1.12 bits per heavy atom.